The maximum Gasteiger partial charge on any atom is 0.0855 e. The van der Waals surface area contributed by atoms with Crippen molar-refractivity contribution < 1.29 is 4.74 Å². The van der Waals surface area contributed by atoms with E-state index in [9.17, 15) is 0 Å². The number of nitrogens with zero attached hydrogens (tertiary/aromatic N) is 1. The van der Waals surface area contributed by atoms with Gasteiger partial charge in [-0.1, -0.05) is 30.3 Å². The van der Waals surface area contributed by atoms with Gasteiger partial charge in [-0.15, -0.1) is 0 Å². The van der Waals surface area contributed by atoms with Gasteiger partial charge in [0.15, 0.2) is 0 Å². The van der Waals surface area contributed by atoms with Gasteiger partial charge < -0.3 is 15.0 Å². The SMILES string of the molecule is CNC(CCc1ccccc1)C1CN(C)CCO1. The second kappa shape index (κ2) is 6.88. The third-order valence-corrected chi connectivity index (χ3v) is 3.70. The number of likely N-dealkylation sites (N-methyl/N-ethyl adjacent to an activating group) is 2. The van der Waals surface area contributed by atoms with Crippen LogP contribution in [0, 0.1) is 0 Å². The van der Waals surface area contributed by atoms with Crippen LogP contribution in [0.4, 0.5) is 0 Å². The van der Waals surface area contributed by atoms with Crippen molar-refractivity contribution in [3.63, 3.8) is 0 Å². The van der Waals surface area contributed by atoms with E-state index in [0.29, 0.717) is 12.1 Å². The molecule has 2 atom stereocenters. The Balaban J connectivity index is 1.85. The lowest BCUT2D eigenvalue weighted by Gasteiger charge is -2.35. The zero-order valence-electron chi connectivity index (χ0n) is 11.4. The van der Waals surface area contributed by atoms with Gasteiger partial charge in [-0.25, -0.2) is 0 Å². The summed E-state index contributed by atoms with van der Waals surface area (Å²) < 4.78 is 5.89. The number of rotatable bonds is 5. The van der Waals surface area contributed by atoms with Crippen molar-refractivity contribution in [3.8, 4) is 0 Å². The van der Waals surface area contributed by atoms with Crippen LogP contribution in [0.15, 0.2) is 30.3 Å². The van der Waals surface area contributed by atoms with Gasteiger partial charge in [0.05, 0.1) is 12.7 Å². The summed E-state index contributed by atoms with van der Waals surface area (Å²) in [7, 11) is 4.20. The molecule has 0 saturated carbocycles. The molecular formula is C15H24N2O. The summed E-state index contributed by atoms with van der Waals surface area (Å²) in [6.45, 7) is 2.93. The van der Waals surface area contributed by atoms with Crippen LogP contribution in [-0.2, 0) is 11.2 Å². The van der Waals surface area contributed by atoms with Crippen molar-refractivity contribution in [3.05, 3.63) is 35.9 Å². The van der Waals surface area contributed by atoms with Gasteiger partial charge in [-0.3, -0.25) is 0 Å². The number of hydrogen-bond donors (Lipinski definition) is 1. The Labute approximate surface area is 110 Å². The Hall–Kier alpha value is -0.900. The number of ether oxygens (including phenoxy) is 1. The largest absolute Gasteiger partial charge is 0.374 e. The van der Waals surface area contributed by atoms with Crippen LogP contribution in [0.2, 0.25) is 0 Å². The van der Waals surface area contributed by atoms with E-state index in [1.165, 1.54) is 5.56 Å². The van der Waals surface area contributed by atoms with Gasteiger partial charge in [0.25, 0.3) is 0 Å². The summed E-state index contributed by atoms with van der Waals surface area (Å²) in [4.78, 5) is 2.35. The minimum Gasteiger partial charge on any atom is -0.374 e. The van der Waals surface area contributed by atoms with Gasteiger partial charge in [-0.05, 0) is 32.5 Å². The monoisotopic (exact) mass is 248 g/mol. The fourth-order valence-corrected chi connectivity index (χ4v) is 2.54. The van der Waals surface area contributed by atoms with E-state index in [4.69, 9.17) is 4.74 Å². The third-order valence-electron chi connectivity index (χ3n) is 3.70. The molecule has 1 aliphatic rings. The first kappa shape index (κ1) is 13.5. The maximum atomic E-state index is 5.89. The lowest BCUT2D eigenvalue weighted by molar-refractivity contribution is -0.0385. The Morgan fingerprint density at radius 1 is 1.39 bits per heavy atom. The van der Waals surface area contributed by atoms with Crippen LogP contribution in [0.1, 0.15) is 12.0 Å². The molecule has 0 radical (unpaired) electrons. The smallest absolute Gasteiger partial charge is 0.0855 e. The summed E-state index contributed by atoms with van der Waals surface area (Å²) in [6.07, 6.45) is 2.55. The molecule has 1 N–H and O–H groups in total. The first-order valence-corrected chi connectivity index (χ1v) is 6.81. The molecule has 0 aromatic heterocycles. The minimum atomic E-state index is 0.317. The molecule has 1 fully saturated rings. The molecule has 2 unspecified atom stereocenters. The summed E-state index contributed by atoms with van der Waals surface area (Å²) in [5, 5.41) is 3.41. The first-order valence-electron chi connectivity index (χ1n) is 6.81. The molecule has 18 heavy (non-hydrogen) atoms. The highest BCUT2D eigenvalue weighted by molar-refractivity contribution is 5.14. The van der Waals surface area contributed by atoms with Crippen LogP contribution in [0.5, 0.6) is 0 Å². The van der Waals surface area contributed by atoms with Gasteiger partial charge in [0.2, 0.25) is 0 Å². The zero-order chi connectivity index (χ0) is 12.8. The van der Waals surface area contributed by atoms with Crippen molar-refractivity contribution in [2.45, 2.75) is 25.0 Å². The molecule has 2 rings (SSSR count). The van der Waals surface area contributed by atoms with Gasteiger partial charge in [0.1, 0.15) is 0 Å². The van der Waals surface area contributed by atoms with E-state index in [0.717, 1.165) is 32.5 Å². The van der Waals surface area contributed by atoms with Gasteiger partial charge in [-0.2, -0.15) is 0 Å². The van der Waals surface area contributed by atoms with Gasteiger partial charge >= 0.3 is 0 Å². The summed E-state index contributed by atoms with van der Waals surface area (Å²) in [5.74, 6) is 0. The minimum absolute atomic E-state index is 0.317. The number of nitrogens with one attached hydrogen (secondary N) is 1. The number of benzene rings is 1. The van der Waals surface area contributed by atoms with Gasteiger partial charge in [0, 0.05) is 19.1 Å². The predicted molar refractivity (Wildman–Crippen MR) is 74.8 cm³/mol. The van der Waals surface area contributed by atoms with Crippen LogP contribution in [0.25, 0.3) is 0 Å². The van der Waals surface area contributed by atoms with Crippen molar-refractivity contribution in [1.29, 1.82) is 0 Å². The fourth-order valence-electron chi connectivity index (χ4n) is 2.54. The average Bonchev–Trinajstić information content (AvgIpc) is 2.41. The van der Waals surface area contributed by atoms with Crippen LogP contribution in [0.3, 0.4) is 0 Å². The molecule has 1 aromatic carbocycles. The summed E-state index contributed by atoms with van der Waals surface area (Å²) >= 11 is 0. The molecule has 3 heteroatoms. The summed E-state index contributed by atoms with van der Waals surface area (Å²) in [5.41, 5.74) is 1.40. The van der Waals surface area contributed by atoms with Crippen LogP contribution >= 0.6 is 0 Å². The highest BCUT2D eigenvalue weighted by atomic mass is 16.5. The second-order valence-electron chi connectivity index (χ2n) is 5.09. The molecule has 1 aliphatic heterocycles. The quantitative estimate of drug-likeness (QED) is 0.855. The molecule has 3 nitrogen and oxygen atoms in total. The van der Waals surface area contributed by atoms with Crippen molar-refractivity contribution in [2.24, 2.45) is 0 Å². The predicted octanol–water partition coefficient (Wildman–Crippen LogP) is 1.54. The molecule has 1 aromatic rings. The Morgan fingerprint density at radius 3 is 2.83 bits per heavy atom. The normalized spacial score (nSPS) is 22.9. The van der Waals surface area contributed by atoms with Crippen molar-refractivity contribution in [1.82, 2.24) is 10.2 Å². The van der Waals surface area contributed by atoms with E-state index in [-0.39, 0.29) is 0 Å². The molecule has 1 heterocycles. The van der Waals surface area contributed by atoms with Crippen LogP contribution in [-0.4, -0.2) is 50.8 Å². The highest BCUT2D eigenvalue weighted by Crippen LogP contribution is 2.13. The zero-order valence-corrected chi connectivity index (χ0v) is 11.4. The molecule has 0 spiro atoms. The molecule has 0 amide bonds. The van der Waals surface area contributed by atoms with Crippen LogP contribution < -0.4 is 5.32 Å². The number of hydrogen-bond acceptors (Lipinski definition) is 3. The Bertz CT molecular complexity index is 342. The highest BCUT2D eigenvalue weighted by Gasteiger charge is 2.25. The molecule has 0 aliphatic carbocycles. The third kappa shape index (κ3) is 3.80. The van der Waals surface area contributed by atoms with Crippen molar-refractivity contribution in [2.75, 3.05) is 33.8 Å². The lowest BCUT2D eigenvalue weighted by atomic mass is 10.0. The van der Waals surface area contributed by atoms with E-state index in [2.05, 4.69) is 47.6 Å². The Kier molecular flexibility index (Phi) is 5.17. The first-order chi connectivity index (χ1) is 8.79. The number of morpholine rings is 1. The molecular weight excluding hydrogens is 224 g/mol. The topological polar surface area (TPSA) is 24.5 Å². The maximum absolute atomic E-state index is 5.89. The Morgan fingerprint density at radius 2 is 2.17 bits per heavy atom. The van der Waals surface area contributed by atoms with E-state index < -0.39 is 0 Å². The number of aryl methyl sites for hydroxylation is 1. The molecule has 100 valence electrons. The van der Waals surface area contributed by atoms with Crippen molar-refractivity contribution >= 4 is 0 Å². The lowest BCUT2D eigenvalue weighted by Crippen LogP contribution is -2.50. The van der Waals surface area contributed by atoms with E-state index in [1.807, 2.05) is 7.05 Å². The molecule has 1 saturated heterocycles. The second-order valence-corrected chi connectivity index (χ2v) is 5.09. The summed E-state index contributed by atoms with van der Waals surface area (Å²) in [6, 6.07) is 11.1. The molecule has 0 bridgehead atoms. The van der Waals surface area contributed by atoms with E-state index in [1.54, 1.807) is 0 Å². The standard InChI is InChI=1S/C15H24N2O/c1-16-14(15-12-17(2)10-11-18-15)9-8-13-6-4-3-5-7-13/h3-7,14-16H,8-12H2,1-2H3. The fraction of sp³-hybridized carbons (Fsp3) is 0.600. The average molecular weight is 248 g/mol. The van der Waals surface area contributed by atoms with E-state index >= 15 is 0 Å².